The van der Waals surface area contributed by atoms with Crippen LogP contribution in [0.4, 0.5) is 4.79 Å². The molecule has 1 unspecified atom stereocenters. The number of ether oxygens (including phenoxy) is 3. The second-order valence-electron chi connectivity index (χ2n) is 7.71. The van der Waals surface area contributed by atoms with Gasteiger partial charge in [0.1, 0.15) is 17.2 Å². The lowest BCUT2D eigenvalue weighted by atomic mass is 9.95. The summed E-state index contributed by atoms with van der Waals surface area (Å²) >= 11 is 0. The maximum absolute atomic E-state index is 13.0. The van der Waals surface area contributed by atoms with Crippen LogP contribution in [0.5, 0.6) is 0 Å². The van der Waals surface area contributed by atoms with E-state index in [2.05, 4.69) is 10.1 Å². The molecular weight excluding hydrogens is 372 g/mol. The number of nitrogens with zero attached hydrogens (tertiary/aromatic N) is 1. The number of hydrogen-bond acceptors (Lipinski definition) is 8. The molecule has 0 spiro atoms. The molecule has 10 nitrogen and oxygen atoms in total. The monoisotopic (exact) mass is 402 g/mol. The molecule has 1 aliphatic heterocycles. The highest BCUT2D eigenvalue weighted by Crippen LogP contribution is 2.31. The Morgan fingerprint density at radius 3 is 2.32 bits per heavy atom. The molecule has 0 aromatic heterocycles. The zero-order valence-electron chi connectivity index (χ0n) is 17.2. The number of carbonyl (C=O) groups excluding carboxylic acids is 4. The fourth-order valence-corrected chi connectivity index (χ4v) is 3.03. The van der Waals surface area contributed by atoms with E-state index in [1.165, 1.54) is 18.7 Å². The number of nitrogens with one attached hydrogen (secondary N) is 1. The summed E-state index contributed by atoms with van der Waals surface area (Å²) in [6.45, 7) is 7.22. The average molecular weight is 402 g/mol. The van der Waals surface area contributed by atoms with Gasteiger partial charge in [0.05, 0.1) is 13.7 Å². The third kappa shape index (κ3) is 5.57. The van der Waals surface area contributed by atoms with Crippen LogP contribution in [0.1, 0.15) is 47.5 Å². The number of methoxy groups -OCH3 is 1. The molecule has 1 saturated heterocycles. The summed E-state index contributed by atoms with van der Waals surface area (Å²) in [4.78, 5) is 50.0. The Morgan fingerprint density at radius 2 is 1.86 bits per heavy atom. The van der Waals surface area contributed by atoms with Crippen molar-refractivity contribution in [2.45, 2.75) is 70.7 Å². The predicted molar refractivity (Wildman–Crippen MR) is 97.2 cm³/mol. The number of rotatable bonds is 6. The molecule has 1 rings (SSSR count). The van der Waals surface area contributed by atoms with E-state index in [4.69, 9.17) is 9.47 Å². The Hall–Kier alpha value is -2.36. The molecule has 1 heterocycles. The van der Waals surface area contributed by atoms with Crippen LogP contribution in [0.2, 0.25) is 0 Å². The van der Waals surface area contributed by atoms with Gasteiger partial charge in [-0.1, -0.05) is 0 Å². The zero-order chi connectivity index (χ0) is 21.7. The third-order valence-corrected chi connectivity index (χ3v) is 4.35. The normalized spacial score (nSPS) is 21.5. The Bertz CT molecular complexity index is 615. The summed E-state index contributed by atoms with van der Waals surface area (Å²) in [6, 6.07) is -1.30. The van der Waals surface area contributed by atoms with Gasteiger partial charge in [-0.2, -0.15) is 0 Å². The van der Waals surface area contributed by atoms with Crippen molar-refractivity contribution in [2.75, 3.05) is 20.3 Å². The summed E-state index contributed by atoms with van der Waals surface area (Å²) < 4.78 is 15.0. The Labute approximate surface area is 164 Å². The van der Waals surface area contributed by atoms with Gasteiger partial charge in [0, 0.05) is 13.5 Å². The number of carbonyl (C=O) groups is 4. The van der Waals surface area contributed by atoms with Crippen molar-refractivity contribution in [1.29, 1.82) is 0 Å². The largest absolute Gasteiger partial charge is 0.467 e. The Kier molecular flexibility index (Phi) is 7.80. The maximum Gasteiger partial charge on any atom is 0.411 e. The van der Waals surface area contributed by atoms with Gasteiger partial charge in [0.2, 0.25) is 5.91 Å². The van der Waals surface area contributed by atoms with Gasteiger partial charge < -0.3 is 24.6 Å². The molecule has 28 heavy (non-hydrogen) atoms. The number of esters is 2. The first kappa shape index (κ1) is 23.7. The van der Waals surface area contributed by atoms with Crippen LogP contribution in [0.25, 0.3) is 0 Å². The lowest BCUT2D eigenvalue weighted by Crippen LogP contribution is -2.63. The average Bonchev–Trinajstić information content (AvgIpc) is 3.02. The van der Waals surface area contributed by atoms with Gasteiger partial charge in [-0.15, -0.1) is 0 Å². The van der Waals surface area contributed by atoms with Crippen LogP contribution in [0, 0.1) is 0 Å². The van der Waals surface area contributed by atoms with E-state index in [0.29, 0.717) is 6.42 Å². The molecule has 2 N–H and O–H groups in total. The van der Waals surface area contributed by atoms with Crippen molar-refractivity contribution in [2.24, 2.45) is 0 Å². The van der Waals surface area contributed by atoms with Gasteiger partial charge >= 0.3 is 18.0 Å². The summed E-state index contributed by atoms with van der Waals surface area (Å²) in [7, 11) is 1.13. The van der Waals surface area contributed by atoms with Crippen molar-refractivity contribution in [3.05, 3.63) is 0 Å². The molecule has 0 aliphatic carbocycles. The molecule has 1 fully saturated rings. The lowest BCUT2D eigenvalue weighted by molar-refractivity contribution is -0.157. The smallest absolute Gasteiger partial charge is 0.411 e. The van der Waals surface area contributed by atoms with E-state index in [1.807, 2.05) is 0 Å². The molecule has 160 valence electrons. The van der Waals surface area contributed by atoms with Crippen LogP contribution in [0.3, 0.4) is 0 Å². The van der Waals surface area contributed by atoms with E-state index >= 15 is 0 Å². The number of hydrogen-bond donors (Lipinski definition) is 2. The topological polar surface area (TPSA) is 131 Å². The summed E-state index contributed by atoms with van der Waals surface area (Å²) in [5.41, 5.74) is -2.37. The highest BCUT2D eigenvalue weighted by molar-refractivity contribution is 5.94. The highest BCUT2D eigenvalue weighted by Gasteiger charge is 2.52. The molecule has 0 radical (unpaired) electrons. The minimum Gasteiger partial charge on any atom is -0.467 e. The molecule has 0 bridgehead atoms. The standard InChI is InChI=1S/C18H30N2O8/c1-11(27-12(2)22)13(14(23)26-6)19-15(24)18(10-21)8-7-9-20(18)16(25)28-17(3,4)5/h11,13,21H,7-10H2,1-6H3,(H,19,24)/t11-,13+,18?/m1/s1. The second kappa shape index (κ2) is 9.22. The number of aliphatic hydroxyl groups is 1. The zero-order valence-corrected chi connectivity index (χ0v) is 17.2. The lowest BCUT2D eigenvalue weighted by Gasteiger charge is -2.37. The highest BCUT2D eigenvalue weighted by atomic mass is 16.6. The molecular formula is C18H30N2O8. The minimum atomic E-state index is -1.59. The Morgan fingerprint density at radius 1 is 1.25 bits per heavy atom. The minimum absolute atomic E-state index is 0.185. The first-order valence-corrected chi connectivity index (χ1v) is 9.05. The summed E-state index contributed by atoms with van der Waals surface area (Å²) in [6.07, 6.45) is -1.10. The van der Waals surface area contributed by atoms with Crippen molar-refractivity contribution in [3.63, 3.8) is 0 Å². The molecule has 3 atom stereocenters. The quantitative estimate of drug-likeness (QED) is 0.481. The number of aliphatic hydroxyl groups excluding tert-OH is 1. The molecule has 2 amide bonds. The summed E-state index contributed by atoms with van der Waals surface area (Å²) in [5.74, 6) is -2.21. The molecule has 0 aromatic rings. The molecule has 0 aromatic carbocycles. The fraction of sp³-hybridized carbons (Fsp3) is 0.778. The van der Waals surface area contributed by atoms with Crippen LogP contribution >= 0.6 is 0 Å². The van der Waals surface area contributed by atoms with E-state index < -0.39 is 53.8 Å². The van der Waals surface area contributed by atoms with Gasteiger partial charge in [0.25, 0.3) is 0 Å². The van der Waals surface area contributed by atoms with Crippen LogP contribution < -0.4 is 5.32 Å². The first-order valence-electron chi connectivity index (χ1n) is 9.05. The van der Waals surface area contributed by atoms with E-state index in [1.54, 1.807) is 20.8 Å². The fourth-order valence-electron chi connectivity index (χ4n) is 3.03. The van der Waals surface area contributed by atoms with Gasteiger partial charge in [-0.05, 0) is 40.5 Å². The van der Waals surface area contributed by atoms with E-state index in [0.717, 1.165) is 7.11 Å². The SMILES string of the molecule is COC(=O)[C@@H](NC(=O)C1(CO)CCCN1C(=O)OC(C)(C)C)[C@@H](C)OC(C)=O. The second-order valence-corrected chi connectivity index (χ2v) is 7.71. The third-order valence-electron chi connectivity index (χ3n) is 4.35. The van der Waals surface area contributed by atoms with Crippen molar-refractivity contribution in [1.82, 2.24) is 10.2 Å². The maximum atomic E-state index is 13.0. The van der Waals surface area contributed by atoms with Gasteiger partial charge in [-0.3, -0.25) is 14.5 Å². The number of likely N-dealkylation sites (tertiary alicyclic amines) is 1. The summed E-state index contributed by atoms with van der Waals surface area (Å²) in [5, 5.41) is 12.4. The van der Waals surface area contributed by atoms with E-state index in [-0.39, 0.29) is 13.0 Å². The van der Waals surface area contributed by atoms with Crippen LogP contribution in [0.15, 0.2) is 0 Å². The van der Waals surface area contributed by atoms with Crippen molar-refractivity contribution < 1.29 is 38.5 Å². The molecule has 10 heteroatoms. The predicted octanol–water partition coefficient (Wildman–Crippen LogP) is 0.358. The Balaban J connectivity index is 3.10. The van der Waals surface area contributed by atoms with E-state index in [9.17, 15) is 24.3 Å². The van der Waals surface area contributed by atoms with Gasteiger partial charge in [-0.25, -0.2) is 9.59 Å². The molecule has 1 aliphatic rings. The van der Waals surface area contributed by atoms with Crippen molar-refractivity contribution >= 4 is 23.9 Å². The van der Waals surface area contributed by atoms with Crippen molar-refractivity contribution in [3.8, 4) is 0 Å². The van der Waals surface area contributed by atoms with Gasteiger partial charge in [0.15, 0.2) is 6.04 Å². The number of amides is 2. The van der Waals surface area contributed by atoms with Crippen LogP contribution in [-0.2, 0) is 28.6 Å². The first-order chi connectivity index (χ1) is 12.9. The van der Waals surface area contributed by atoms with Crippen LogP contribution in [-0.4, -0.2) is 77.5 Å². The molecule has 0 saturated carbocycles.